The lowest BCUT2D eigenvalue weighted by Crippen LogP contribution is -2.31. The molecule has 2 aliphatic heterocycles. The first kappa shape index (κ1) is 13.8. The number of fused-ring (bicyclic) bond motifs is 1. The summed E-state index contributed by atoms with van der Waals surface area (Å²) >= 11 is 1.44. The number of likely N-dealkylation sites (tertiary alicyclic amines) is 1. The van der Waals surface area contributed by atoms with Crippen molar-refractivity contribution in [2.45, 2.75) is 19.4 Å². The fourth-order valence-corrected chi connectivity index (χ4v) is 3.83. The maximum atomic E-state index is 12.4. The van der Waals surface area contributed by atoms with Gasteiger partial charge in [-0.3, -0.25) is 4.79 Å². The molecule has 0 spiro atoms. The summed E-state index contributed by atoms with van der Waals surface area (Å²) in [5, 5.41) is 5.61. The van der Waals surface area contributed by atoms with Crippen LogP contribution in [-0.2, 0) is 11.2 Å². The fraction of sp³-hybridized carbons (Fsp3) is 0.571. The predicted molar refractivity (Wildman–Crippen MR) is 77.5 cm³/mol. The third-order valence-corrected chi connectivity index (χ3v) is 4.97. The van der Waals surface area contributed by atoms with E-state index in [9.17, 15) is 4.79 Å². The second kappa shape index (κ2) is 5.44. The van der Waals surface area contributed by atoms with E-state index in [1.54, 1.807) is 10.9 Å². The van der Waals surface area contributed by atoms with Crippen LogP contribution in [0.5, 0.6) is 0 Å². The predicted octanol–water partition coefficient (Wildman–Crippen LogP) is 1.16. The molecule has 116 valence electrons. The van der Waals surface area contributed by atoms with Crippen LogP contribution < -0.4 is 0 Å². The normalized spacial score (nSPS) is 27.3. The summed E-state index contributed by atoms with van der Waals surface area (Å²) in [6.45, 7) is 3.85. The average Bonchev–Trinajstić information content (AvgIpc) is 3.24. The van der Waals surface area contributed by atoms with Crippen molar-refractivity contribution in [2.75, 3.05) is 19.7 Å². The number of aryl methyl sites for hydroxylation is 1. The molecule has 7 nitrogen and oxygen atoms in total. The second-order valence-electron chi connectivity index (χ2n) is 5.82. The second-order valence-corrected chi connectivity index (χ2v) is 6.54. The van der Waals surface area contributed by atoms with Gasteiger partial charge in [-0.25, -0.2) is 4.98 Å². The van der Waals surface area contributed by atoms with E-state index in [-0.39, 0.29) is 12.0 Å². The van der Waals surface area contributed by atoms with E-state index in [1.807, 2.05) is 11.8 Å². The Kier molecular flexibility index (Phi) is 3.42. The third kappa shape index (κ3) is 2.42. The summed E-state index contributed by atoms with van der Waals surface area (Å²) in [6.07, 6.45) is 0.817. The minimum atomic E-state index is -0.00775. The van der Waals surface area contributed by atoms with E-state index >= 15 is 0 Å². The van der Waals surface area contributed by atoms with Crippen molar-refractivity contribution in [3.63, 3.8) is 0 Å². The van der Waals surface area contributed by atoms with Gasteiger partial charge in [0.25, 0.3) is 5.91 Å². The van der Waals surface area contributed by atoms with Crippen molar-refractivity contribution in [3.8, 4) is 0 Å². The minimum Gasteiger partial charge on any atom is -0.376 e. The molecule has 0 unspecified atom stereocenters. The van der Waals surface area contributed by atoms with Crippen molar-refractivity contribution in [3.05, 3.63) is 28.3 Å². The topological polar surface area (TPSA) is 81.4 Å². The van der Waals surface area contributed by atoms with Crippen molar-refractivity contribution in [2.24, 2.45) is 11.8 Å². The molecule has 1 amide bonds. The number of rotatable bonds is 3. The van der Waals surface area contributed by atoms with Gasteiger partial charge in [0, 0.05) is 30.8 Å². The minimum absolute atomic E-state index is 0.00775. The maximum Gasteiger partial charge on any atom is 0.273 e. The van der Waals surface area contributed by atoms with Crippen LogP contribution in [0, 0.1) is 18.8 Å². The molecule has 8 heteroatoms. The molecule has 0 saturated carbocycles. The molecule has 4 heterocycles. The van der Waals surface area contributed by atoms with Gasteiger partial charge in [0.05, 0.1) is 18.2 Å². The molecule has 2 saturated heterocycles. The number of hydrogen-bond acceptors (Lipinski definition) is 7. The number of aromatic nitrogens is 3. The molecule has 0 aliphatic carbocycles. The van der Waals surface area contributed by atoms with Crippen molar-refractivity contribution < 1.29 is 14.1 Å². The number of carbonyl (C=O) groups is 1. The Morgan fingerprint density at radius 2 is 2.41 bits per heavy atom. The molecule has 2 aromatic heterocycles. The highest BCUT2D eigenvalue weighted by molar-refractivity contribution is 7.07. The molecular formula is C14H16N4O3S. The summed E-state index contributed by atoms with van der Waals surface area (Å²) in [6, 6.07) is 0. The van der Waals surface area contributed by atoms with Crippen molar-refractivity contribution in [1.29, 1.82) is 0 Å². The zero-order valence-electron chi connectivity index (χ0n) is 12.1. The van der Waals surface area contributed by atoms with Gasteiger partial charge in [0.15, 0.2) is 5.82 Å². The molecule has 0 aromatic carbocycles. The van der Waals surface area contributed by atoms with Crippen LogP contribution in [0.1, 0.15) is 22.2 Å². The molecule has 4 rings (SSSR count). The Balaban J connectivity index is 1.44. The van der Waals surface area contributed by atoms with E-state index in [2.05, 4.69) is 15.1 Å². The molecule has 2 fully saturated rings. The van der Waals surface area contributed by atoms with Crippen molar-refractivity contribution >= 4 is 17.2 Å². The van der Waals surface area contributed by atoms with E-state index in [1.165, 1.54) is 11.3 Å². The van der Waals surface area contributed by atoms with Crippen molar-refractivity contribution in [1.82, 2.24) is 20.0 Å². The molecule has 2 aliphatic rings. The number of thiazole rings is 1. The number of amides is 1. The van der Waals surface area contributed by atoms with Crippen LogP contribution in [0.4, 0.5) is 0 Å². The lowest BCUT2D eigenvalue weighted by molar-refractivity contribution is 0.0672. The highest BCUT2D eigenvalue weighted by Crippen LogP contribution is 2.35. The zero-order chi connectivity index (χ0) is 15.1. The van der Waals surface area contributed by atoms with Gasteiger partial charge >= 0.3 is 0 Å². The van der Waals surface area contributed by atoms with Gasteiger partial charge < -0.3 is 14.2 Å². The monoisotopic (exact) mass is 320 g/mol. The van der Waals surface area contributed by atoms with E-state index in [0.29, 0.717) is 55.4 Å². The van der Waals surface area contributed by atoms with E-state index < -0.39 is 0 Å². The van der Waals surface area contributed by atoms with Crippen LogP contribution in [-0.4, -0.2) is 51.7 Å². The molecule has 0 N–H and O–H groups in total. The summed E-state index contributed by atoms with van der Waals surface area (Å²) in [7, 11) is 0. The number of carbonyl (C=O) groups excluding carboxylic acids is 1. The standard InChI is InChI=1S/C14H16N4O3S/c1-8-16-13(21-17-8)2-9-5-20-12-4-18(3-10(9)12)14(19)11-6-22-7-15-11/h6-7,9-10,12H,2-5H2,1H3/t9-,10+,12+/m1/s1. The van der Waals surface area contributed by atoms with Gasteiger partial charge in [-0.05, 0) is 12.8 Å². The molecular weight excluding hydrogens is 304 g/mol. The Morgan fingerprint density at radius 3 is 3.14 bits per heavy atom. The fourth-order valence-electron chi connectivity index (χ4n) is 3.30. The number of ether oxygens (including phenoxy) is 1. The molecule has 2 aromatic rings. The molecule has 3 atom stereocenters. The molecule has 0 radical (unpaired) electrons. The molecule has 0 bridgehead atoms. The average molecular weight is 320 g/mol. The largest absolute Gasteiger partial charge is 0.376 e. The van der Waals surface area contributed by atoms with Gasteiger partial charge in [-0.1, -0.05) is 5.16 Å². The number of hydrogen-bond donors (Lipinski definition) is 0. The van der Waals surface area contributed by atoms with Crippen LogP contribution in [0.25, 0.3) is 0 Å². The Hall–Kier alpha value is -1.80. The van der Waals surface area contributed by atoms with Crippen LogP contribution in [0.2, 0.25) is 0 Å². The van der Waals surface area contributed by atoms with Gasteiger partial charge in [-0.2, -0.15) is 4.98 Å². The SMILES string of the molecule is Cc1noc(C[C@@H]2CO[C@H]3CN(C(=O)c4cscn4)C[C@@H]23)n1. The Bertz CT molecular complexity index is 671. The van der Waals surface area contributed by atoms with E-state index in [0.717, 1.165) is 0 Å². The zero-order valence-corrected chi connectivity index (χ0v) is 13.0. The maximum absolute atomic E-state index is 12.4. The highest BCUT2D eigenvalue weighted by atomic mass is 32.1. The van der Waals surface area contributed by atoms with Crippen LogP contribution in [0.3, 0.4) is 0 Å². The first-order valence-corrected chi connectivity index (χ1v) is 8.23. The summed E-state index contributed by atoms with van der Waals surface area (Å²) in [5.74, 6) is 1.94. The number of nitrogens with zero attached hydrogens (tertiary/aromatic N) is 4. The summed E-state index contributed by atoms with van der Waals surface area (Å²) in [5.41, 5.74) is 2.20. The van der Waals surface area contributed by atoms with E-state index in [4.69, 9.17) is 9.26 Å². The Labute approximate surface area is 131 Å². The Morgan fingerprint density at radius 1 is 1.50 bits per heavy atom. The van der Waals surface area contributed by atoms with Gasteiger partial charge in [-0.15, -0.1) is 11.3 Å². The van der Waals surface area contributed by atoms with Gasteiger partial charge in [0.2, 0.25) is 5.89 Å². The summed E-state index contributed by atoms with van der Waals surface area (Å²) < 4.78 is 11.1. The first-order valence-electron chi connectivity index (χ1n) is 7.29. The lowest BCUT2D eigenvalue weighted by atomic mass is 9.90. The van der Waals surface area contributed by atoms with Gasteiger partial charge in [0.1, 0.15) is 5.69 Å². The first-order chi connectivity index (χ1) is 10.7. The quantitative estimate of drug-likeness (QED) is 0.844. The highest BCUT2D eigenvalue weighted by Gasteiger charge is 2.45. The molecule has 22 heavy (non-hydrogen) atoms. The smallest absolute Gasteiger partial charge is 0.273 e. The summed E-state index contributed by atoms with van der Waals surface area (Å²) in [4.78, 5) is 22.6. The lowest BCUT2D eigenvalue weighted by Gasteiger charge is -2.18. The third-order valence-electron chi connectivity index (χ3n) is 4.38. The van der Waals surface area contributed by atoms with Crippen LogP contribution >= 0.6 is 11.3 Å². The van der Waals surface area contributed by atoms with Crippen LogP contribution in [0.15, 0.2) is 15.4 Å².